The normalized spacial score (nSPS) is 23.7. The fraction of sp³-hybridized carbons (Fsp3) is 0.421. The second-order valence-electron chi connectivity index (χ2n) is 6.96. The summed E-state index contributed by atoms with van der Waals surface area (Å²) in [4.78, 5) is 12.8. The quantitative estimate of drug-likeness (QED) is 0.349. The molecule has 11 nitrogen and oxygen atoms in total. The number of aliphatic hydroxyl groups is 3. The van der Waals surface area contributed by atoms with E-state index in [9.17, 15) is 20.4 Å². The molecule has 0 aliphatic carbocycles. The van der Waals surface area contributed by atoms with Crippen LogP contribution in [0, 0.1) is 0 Å². The van der Waals surface area contributed by atoms with E-state index in [-0.39, 0.29) is 5.75 Å². The van der Waals surface area contributed by atoms with Gasteiger partial charge >= 0.3 is 0 Å². The van der Waals surface area contributed by atoms with Crippen molar-refractivity contribution in [3.05, 3.63) is 36.4 Å². The highest BCUT2D eigenvalue weighted by Gasteiger charge is 2.44. The Bertz CT molecular complexity index is 1030. The number of anilines is 1. The van der Waals surface area contributed by atoms with Gasteiger partial charge in [-0.05, 0) is 24.1 Å². The van der Waals surface area contributed by atoms with Crippen LogP contribution in [0.25, 0.3) is 11.2 Å². The molecule has 1 aliphatic heterocycles. The van der Waals surface area contributed by atoms with Gasteiger partial charge in [-0.3, -0.25) is 4.57 Å². The number of imidazole rings is 1. The SMILES string of the molecule is COc1ccc(CCNc2ncnc3c2ncn3[C@@H]2O[C@H](CO)[C@H](O)C2O)cc1O. The van der Waals surface area contributed by atoms with Crippen LogP contribution < -0.4 is 10.1 Å². The van der Waals surface area contributed by atoms with Crippen LogP contribution in [0.1, 0.15) is 11.8 Å². The number of ether oxygens (including phenoxy) is 2. The molecule has 3 aromatic rings. The zero-order chi connectivity index (χ0) is 21.3. The molecule has 11 heteroatoms. The van der Waals surface area contributed by atoms with Crippen molar-refractivity contribution >= 4 is 17.0 Å². The van der Waals surface area contributed by atoms with E-state index in [1.165, 1.54) is 24.3 Å². The van der Waals surface area contributed by atoms with E-state index in [1.54, 1.807) is 12.1 Å². The van der Waals surface area contributed by atoms with Crippen LogP contribution in [0.2, 0.25) is 0 Å². The molecule has 3 heterocycles. The highest BCUT2D eigenvalue weighted by molar-refractivity contribution is 5.82. The lowest BCUT2D eigenvalue weighted by atomic mass is 10.1. The van der Waals surface area contributed by atoms with Gasteiger partial charge in [0.05, 0.1) is 20.0 Å². The minimum atomic E-state index is -1.23. The Morgan fingerprint density at radius 1 is 1.20 bits per heavy atom. The standard InChI is InChI=1S/C19H23N5O6/c1-29-12-3-2-10(6-11(12)26)4-5-20-17-14-18(22-8-21-17)24(9-23-14)19-16(28)15(27)13(7-25)30-19/h2-3,6,8-9,13,15-16,19,25-28H,4-5,7H2,1H3,(H,20,21,22)/t13-,15+,16?,19-/m1/s1. The molecule has 5 N–H and O–H groups in total. The fourth-order valence-electron chi connectivity index (χ4n) is 3.49. The summed E-state index contributed by atoms with van der Waals surface area (Å²) < 4.78 is 12.1. The molecule has 0 radical (unpaired) electrons. The van der Waals surface area contributed by atoms with Crippen LogP contribution in [-0.4, -0.2) is 78.5 Å². The molecule has 1 aliphatic rings. The van der Waals surface area contributed by atoms with E-state index in [4.69, 9.17) is 9.47 Å². The summed E-state index contributed by atoms with van der Waals surface area (Å²) in [5, 5.41) is 42.6. The molecule has 1 fully saturated rings. The van der Waals surface area contributed by atoms with Gasteiger partial charge in [0.2, 0.25) is 0 Å². The third kappa shape index (κ3) is 3.63. The van der Waals surface area contributed by atoms with Crippen LogP contribution in [-0.2, 0) is 11.2 Å². The maximum Gasteiger partial charge on any atom is 0.167 e. The molecule has 0 saturated carbocycles. The smallest absolute Gasteiger partial charge is 0.167 e. The maximum absolute atomic E-state index is 10.3. The molecular formula is C19H23N5O6. The first-order valence-electron chi connectivity index (χ1n) is 9.43. The zero-order valence-electron chi connectivity index (χ0n) is 16.2. The van der Waals surface area contributed by atoms with Crippen molar-refractivity contribution in [2.45, 2.75) is 31.0 Å². The number of rotatable bonds is 7. The minimum absolute atomic E-state index is 0.0802. The number of aromatic hydroxyl groups is 1. The summed E-state index contributed by atoms with van der Waals surface area (Å²) >= 11 is 0. The number of phenolic OH excluding ortho intramolecular Hbond substituents is 1. The highest BCUT2D eigenvalue weighted by atomic mass is 16.6. The molecule has 1 unspecified atom stereocenters. The number of hydrogen-bond donors (Lipinski definition) is 5. The van der Waals surface area contributed by atoms with Gasteiger partial charge in [0.15, 0.2) is 34.7 Å². The lowest BCUT2D eigenvalue weighted by molar-refractivity contribution is -0.0511. The van der Waals surface area contributed by atoms with Crippen molar-refractivity contribution in [3.63, 3.8) is 0 Å². The van der Waals surface area contributed by atoms with E-state index in [1.807, 2.05) is 6.07 Å². The number of aliphatic hydroxyl groups excluding tert-OH is 3. The number of nitrogens with zero attached hydrogens (tertiary/aromatic N) is 4. The monoisotopic (exact) mass is 417 g/mol. The van der Waals surface area contributed by atoms with E-state index >= 15 is 0 Å². The van der Waals surface area contributed by atoms with E-state index in [0.29, 0.717) is 35.7 Å². The summed E-state index contributed by atoms with van der Waals surface area (Å²) in [6, 6.07) is 5.22. The number of aromatic nitrogens is 4. The molecule has 1 aromatic carbocycles. The lowest BCUT2D eigenvalue weighted by Gasteiger charge is -2.16. The van der Waals surface area contributed by atoms with Crippen molar-refractivity contribution in [2.24, 2.45) is 0 Å². The first-order chi connectivity index (χ1) is 14.5. The van der Waals surface area contributed by atoms with Gasteiger partial charge < -0.3 is 35.2 Å². The van der Waals surface area contributed by atoms with Crippen LogP contribution in [0.15, 0.2) is 30.9 Å². The van der Waals surface area contributed by atoms with Gasteiger partial charge in [0, 0.05) is 6.54 Å². The Hall–Kier alpha value is -2.99. The van der Waals surface area contributed by atoms with Gasteiger partial charge in [-0.25, -0.2) is 15.0 Å². The van der Waals surface area contributed by atoms with Crippen molar-refractivity contribution in [1.82, 2.24) is 19.5 Å². The molecule has 1 saturated heterocycles. The summed E-state index contributed by atoms with van der Waals surface area (Å²) in [5.74, 6) is 1.000. The number of phenols is 1. The average molecular weight is 417 g/mol. The zero-order valence-corrected chi connectivity index (χ0v) is 16.2. The fourth-order valence-corrected chi connectivity index (χ4v) is 3.49. The molecule has 4 rings (SSSR count). The lowest BCUT2D eigenvalue weighted by Crippen LogP contribution is -2.33. The average Bonchev–Trinajstić information content (AvgIpc) is 3.30. The van der Waals surface area contributed by atoms with Crippen LogP contribution in [0.5, 0.6) is 11.5 Å². The van der Waals surface area contributed by atoms with E-state index in [0.717, 1.165) is 5.56 Å². The van der Waals surface area contributed by atoms with Crippen LogP contribution >= 0.6 is 0 Å². The summed E-state index contributed by atoms with van der Waals surface area (Å²) in [6.07, 6.45) is -0.810. The van der Waals surface area contributed by atoms with Crippen LogP contribution in [0.4, 0.5) is 5.82 Å². The number of fused-ring (bicyclic) bond motifs is 1. The molecule has 160 valence electrons. The topological polar surface area (TPSA) is 155 Å². The third-order valence-electron chi connectivity index (χ3n) is 5.10. The van der Waals surface area contributed by atoms with Gasteiger partial charge in [0.1, 0.15) is 24.6 Å². The van der Waals surface area contributed by atoms with Crippen LogP contribution in [0.3, 0.4) is 0 Å². The molecule has 0 bridgehead atoms. The molecule has 30 heavy (non-hydrogen) atoms. The number of methoxy groups -OCH3 is 1. The molecule has 4 atom stereocenters. The largest absolute Gasteiger partial charge is 0.504 e. The van der Waals surface area contributed by atoms with Gasteiger partial charge in [-0.15, -0.1) is 0 Å². The minimum Gasteiger partial charge on any atom is -0.504 e. The van der Waals surface area contributed by atoms with E-state index < -0.39 is 31.1 Å². The Labute approximate surface area is 171 Å². The Morgan fingerprint density at radius 2 is 2.03 bits per heavy atom. The Kier molecular flexibility index (Phi) is 5.68. The second kappa shape index (κ2) is 8.40. The number of nitrogens with one attached hydrogen (secondary N) is 1. The predicted octanol–water partition coefficient (Wildman–Crippen LogP) is -0.193. The molecule has 2 aromatic heterocycles. The van der Waals surface area contributed by atoms with Crippen molar-refractivity contribution in [2.75, 3.05) is 25.6 Å². The van der Waals surface area contributed by atoms with Gasteiger partial charge in [-0.1, -0.05) is 6.07 Å². The predicted molar refractivity (Wildman–Crippen MR) is 105 cm³/mol. The number of benzene rings is 1. The summed E-state index contributed by atoms with van der Waals surface area (Å²) in [5.41, 5.74) is 1.82. The molecular weight excluding hydrogens is 394 g/mol. The first-order valence-corrected chi connectivity index (χ1v) is 9.43. The first kappa shape index (κ1) is 20.3. The Morgan fingerprint density at radius 3 is 2.73 bits per heavy atom. The van der Waals surface area contributed by atoms with Gasteiger partial charge in [0.25, 0.3) is 0 Å². The third-order valence-corrected chi connectivity index (χ3v) is 5.10. The molecule has 0 amide bonds. The summed E-state index contributed by atoms with van der Waals surface area (Å²) in [6.45, 7) is 0.114. The van der Waals surface area contributed by atoms with Gasteiger partial charge in [-0.2, -0.15) is 0 Å². The summed E-state index contributed by atoms with van der Waals surface area (Å²) in [7, 11) is 1.50. The van der Waals surface area contributed by atoms with Crippen molar-refractivity contribution in [1.29, 1.82) is 0 Å². The van der Waals surface area contributed by atoms with Crippen molar-refractivity contribution < 1.29 is 29.9 Å². The highest BCUT2D eigenvalue weighted by Crippen LogP contribution is 2.32. The Balaban J connectivity index is 1.49. The second-order valence-corrected chi connectivity index (χ2v) is 6.96. The maximum atomic E-state index is 10.3. The molecule has 0 spiro atoms. The number of hydrogen-bond acceptors (Lipinski definition) is 10. The van der Waals surface area contributed by atoms with Crippen molar-refractivity contribution in [3.8, 4) is 11.5 Å². The van der Waals surface area contributed by atoms with E-state index in [2.05, 4.69) is 20.3 Å².